The van der Waals surface area contributed by atoms with Gasteiger partial charge in [-0.25, -0.2) is 0 Å². The van der Waals surface area contributed by atoms with Crippen LogP contribution < -0.4 is 20.1 Å². The number of carbonyl (C=O) groups is 1. The lowest BCUT2D eigenvalue weighted by atomic mass is 10.1. The fourth-order valence-electron chi connectivity index (χ4n) is 1.78. The normalized spacial score (nSPS) is 13.2. The van der Waals surface area contributed by atoms with Crippen molar-refractivity contribution in [3.05, 3.63) is 17.7 Å². The quantitative estimate of drug-likeness (QED) is 0.846. The van der Waals surface area contributed by atoms with E-state index >= 15 is 0 Å². The minimum Gasteiger partial charge on any atom is -0.486 e. The zero-order valence-corrected chi connectivity index (χ0v) is 10.7. The molecule has 0 fully saturated rings. The fourth-order valence-corrected chi connectivity index (χ4v) is 1.78. The molecule has 0 saturated heterocycles. The number of hydrogen-bond acceptors (Lipinski definition) is 4. The highest BCUT2D eigenvalue weighted by Crippen LogP contribution is 2.35. The van der Waals surface area contributed by atoms with Crippen LogP contribution in [-0.4, -0.2) is 32.7 Å². The van der Waals surface area contributed by atoms with Crippen LogP contribution in [0.25, 0.3) is 0 Å². The van der Waals surface area contributed by atoms with E-state index in [1.54, 1.807) is 0 Å². The largest absolute Gasteiger partial charge is 0.486 e. The van der Waals surface area contributed by atoms with Crippen molar-refractivity contribution in [3.63, 3.8) is 0 Å². The summed E-state index contributed by atoms with van der Waals surface area (Å²) in [4.78, 5) is 11.7. The number of carbonyl (C=O) groups excluding carboxylic acids is 1. The monoisotopic (exact) mass is 250 g/mol. The first kappa shape index (κ1) is 12.7. The second-order valence-electron chi connectivity index (χ2n) is 4.21. The summed E-state index contributed by atoms with van der Waals surface area (Å²) in [6.07, 6.45) is 0.449. The van der Waals surface area contributed by atoms with E-state index in [0.29, 0.717) is 31.9 Å². The van der Waals surface area contributed by atoms with Crippen molar-refractivity contribution in [2.45, 2.75) is 13.3 Å². The average Bonchev–Trinajstić information content (AvgIpc) is 2.37. The van der Waals surface area contributed by atoms with Gasteiger partial charge < -0.3 is 20.1 Å². The number of amides is 1. The molecule has 2 N–H and O–H groups in total. The number of aryl methyl sites for hydroxylation is 1. The Balaban J connectivity index is 2.10. The maximum Gasteiger partial charge on any atom is 0.225 e. The van der Waals surface area contributed by atoms with Crippen molar-refractivity contribution in [1.82, 2.24) is 5.32 Å². The fraction of sp³-hybridized carbons (Fsp3) is 0.462. The summed E-state index contributed by atoms with van der Waals surface area (Å²) in [5.74, 6) is 1.42. The Kier molecular flexibility index (Phi) is 4.04. The smallest absolute Gasteiger partial charge is 0.225 e. The first-order valence-corrected chi connectivity index (χ1v) is 6.05. The highest BCUT2D eigenvalue weighted by molar-refractivity contribution is 5.92. The van der Waals surface area contributed by atoms with Gasteiger partial charge in [0.15, 0.2) is 11.5 Å². The molecule has 1 heterocycles. The van der Waals surface area contributed by atoms with Gasteiger partial charge in [0, 0.05) is 24.7 Å². The molecule has 1 amide bonds. The maximum atomic E-state index is 11.7. The van der Waals surface area contributed by atoms with E-state index in [-0.39, 0.29) is 5.91 Å². The third kappa shape index (κ3) is 2.92. The number of nitrogens with one attached hydrogen (secondary N) is 2. The Hall–Kier alpha value is -1.75. The van der Waals surface area contributed by atoms with Crippen molar-refractivity contribution in [2.75, 3.05) is 32.1 Å². The van der Waals surface area contributed by atoms with E-state index in [0.717, 1.165) is 17.0 Å². The molecule has 0 saturated carbocycles. The highest BCUT2D eigenvalue weighted by atomic mass is 16.6. The molecule has 0 aromatic heterocycles. The van der Waals surface area contributed by atoms with Gasteiger partial charge in [-0.3, -0.25) is 4.79 Å². The second-order valence-corrected chi connectivity index (χ2v) is 4.21. The molecule has 0 aliphatic carbocycles. The number of fused-ring (bicyclic) bond motifs is 1. The van der Waals surface area contributed by atoms with E-state index < -0.39 is 0 Å². The van der Waals surface area contributed by atoms with Crippen molar-refractivity contribution >= 4 is 11.6 Å². The minimum atomic E-state index is -0.0101. The maximum absolute atomic E-state index is 11.7. The average molecular weight is 250 g/mol. The van der Waals surface area contributed by atoms with Crippen LogP contribution in [0.4, 0.5) is 5.69 Å². The summed E-state index contributed by atoms with van der Waals surface area (Å²) >= 11 is 0. The lowest BCUT2D eigenvalue weighted by Crippen LogP contribution is -2.20. The number of hydrogen-bond donors (Lipinski definition) is 2. The Morgan fingerprint density at radius 2 is 1.94 bits per heavy atom. The van der Waals surface area contributed by atoms with Gasteiger partial charge >= 0.3 is 0 Å². The van der Waals surface area contributed by atoms with Crippen molar-refractivity contribution < 1.29 is 14.3 Å². The molecule has 1 aromatic rings. The Morgan fingerprint density at radius 3 is 2.61 bits per heavy atom. The summed E-state index contributed by atoms with van der Waals surface area (Å²) in [7, 11) is 1.82. The predicted molar refractivity (Wildman–Crippen MR) is 69.3 cm³/mol. The summed E-state index contributed by atoms with van der Waals surface area (Å²) in [6, 6.07) is 3.71. The molecule has 0 bridgehead atoms. The van der Waals surface area contributed by atoms with Crippen LogP contribution in [0.15, 0.2) is 12.1 Å². The van der Waals surface area contributed by atoms with Crippen molar-refractivity contribution in [1.29, 1.82) is 0 Å². The lowest BCUT2D eigenvalue weighted by Gasteiger charge is -2.20. The van der Waals surface area contributed by atoms with Gasteiger partial charge in [0.25, 0.3) is 0 Å². The lowest BCUT2D eigenvalue weighted by molar-refractivity contribution is -0.116. The summed E-state index contributed by atoms with van der Waals surface area (Å²) in [5, 5.41) is 5.82. The van der Waals surface area contributed by atoms with Crippen molar-refractivity contribution in [3.8, 4) is 11.5 Å². The van der Waals surface area contributed by atoms with Gasteiger partial charge in [-0.2, -0.15) is 0 Å². The first-order valence-electron chi connectivity index (χ1n) is 6.05. The van der Waals surface area contributed by atoms with Crippen LogP contribution >= 0.6 is 0 Å². The molecule has 0 radical (unpaired) electrons. The minimum absolute atomic E-state index is 0.0101. The first-order chi connectivity index (χ1) is 8.70. The van der Waals surface area contributed by atoms with E-state index in [9.17, 15) is 4.79 Å². The molecule has 5 nitrogen and oxygen atoms in total. The molecule has 1 aliphatic heterocycles. The molecule has 98 valence electrons. The molecule has 5 heteroatoms. The number of anilines is 1. The summed E-state index contributed by atoms with van der Waals surface area (Å²) in [5.41, 5.74) is 1.75. The molecule has 0 unspecified atom stereocenters. The molecule has 2 rings (SSSR count). The molecule has 0 spiro atoms. The van der Waals surface area contributed by atoms with Crippen LogP contribution in [0.2, 0.25) is 0 Å². The van der Waals surface area contributed by atoms with Gasteiger partial charge in [0.05, 0.1) is 0 Å². The molecular weight excluding hydrogens is 232 g/mol. The summed E-state index contributed by atoms with van der Waals surface area (Å²) in [6.45, 7) is 3.71. The zero-order valence-electron chi connectivity index (χ0n) is 10.7. The van der Waals surface area contributed by atoms with Gasteiger partial charge in [-0.05, 0) is 25.6 Å². The molecule has 1 aliphatic rings. The molecule has 18 heavy (non-hydrogen) atoms. The van der Waals surface area contributed by atoms with Crippen LogP contribution in [0.3, 0.4) is 0 Å². The molecule has 1 aromatic carbocycles. The predicted octanol–water partition coefficient (Wildman–Crippen LogP) is 1.31. The standard InChI is InChI=1S/C13H18N2O3/c1-9-7-11-12(18-6-5-17-11)8-10(9)15-13(16)3-4-14-2/h7-8,14H,3-6H2,1-2H3,(H,15,16). The van der Waals surface area contributed by atoms with Crippen LogP contribution in [0.5, 0.6) is 11.5 Å². The van der Waals surface area contributed by atoms with Gasteiger partial charge in [-0.15, -0.1) is 0 Å². The third-order valence-corrected chi connectivity index (χ3v) is 2.77. The Morgan fingerprint density at radius 1 is 1.28 bits per heavy atom. The van der Waals surface area contributed by atoms with Gasteiger partial charge in [0.1, 0.15) is 13.2 Å². The highest BCUT2D eigenvalue weighted by Gasteiger charge is 2.15. The zero-order chi connectivity index (χ0) is 13.0. The SMILES string of the molecule is CNCCC(=O)Nc1cc2c(cc1C)OCCO2. The van der Waals surface area contributed by atoms with E-state index in [1.807, 2.05) is 26.1 Å². The van der Waals surface area contributed by atoms with E-state index in [1.165, 1.54) is 0 Å². The third-order valence-electron chi connectivity index (χ3n) is 2.77. The van der Waals surface area contributed by atoms with Crippen LogP contribution in [0.1, 0.15) is 12.0 Å². The van der Waals surface area contributed by atoms with Gasteiger partial charge in [0.2, 0.25) is 5.91 Å². The molecule has 0 atom stereocenters. The van der Waals surface area contributed by atoms with Crippen LogP contribution in [0, 0.1) is 6.92 Å². The van der Waals surface area contributed by atoms with Gasteiger partial charge in [-0.1, -0.05) is 0 Å². The second kappa shape index (κ2) is 5.73. The van der Waals surface area contributed by atoms with Crippen LogP contribution in [-0.2, 0) is 4.79 Å². The van der Waals surface area contributed by atoms with Crippen molar-refractivity contribution in [2.24, 2.45) is 0 Å². The topological polar surface area (TPSA) is 59.6 Å². The number of ether oxygens (including phenoxy) is 2. The number of rotatable bonds is 4. The Bertz CT molecular complexity index is 446. The Labute approximate surface area is 106 Å². The number of benzene rings is 1. The van der Waals surface area contributed by atoms with E-state index in [4.69, 9.17) is 9.47 Å². The van der Waals surface area contributed by atoms with E-state index in [2.05, 4.69) is 10.6 Å². The molecular formula is C13H18N2O3. The summed E-state index contributed by atoms with van der Waals surface area (Å²) < 4.78 is 11.0.